The Morgan fingerprint density at radius 3 is 2.83 bits per heavy atom. The number of aromatic nitrogens is 4. The summed E-state index contributed by atoms with van der Waals surface area (Å²) in [7, 11) is 1.85. The number of amides is 1. The molecule has 0 bridgehead atoms. The molecule has 1 aliphatic heterocycles. The first-order valence-electron chi connectivity index (χ1n) is 13.4. The van der Waals surface area contributed by atoms with Crippen molar-refractivity contribution < 1.29 is 9.53 Å². The van der Waals surface area contributed by atoms with Gasteiger partial charge in [0, 0.05) is 47.5 Å². The van der Waals surface area contributed by atoms with Crippen LogP contribution in [0.3, 0.4) is 0 Å². The van der Waals surface area contributed by atoms with E-state index in [9.17, 15) is 10.1 Å². The fraction of sp³-hybridized carbons (Fsp3) is 0.194. The largest absolute Gasteiger partial charge is 0.455 e. The maximum absolute atomic E-state index is 12.5. The van der Waals surface area contributed by atoms with Crippen molar-refractivity contribution in [2.75, 3.05) is 17.2 Å². The van der Waals surface area contributed by atoms with E-state index < -0.39 is 0 Å². The number of carbonyl (C=O) groups is 1. The predicted molar refractivity (Wildman–Crippen MR) is 158 cm³/mol. The summed E-state index contributed by atoms with van der Waals surface area (Å²) < 4.78 is 7.83. The molecule has 0 unspecified atom stereocenters. The number of hydrogen-bond donors (Lipinski definition) is 3. The fourth-order valence-electron chi connectivity index (χ4n) is 4.95. The lowest BCUT2D eigenvalue weighted by Crippen LogP contribution is -2.19. The van der Waals surface area contributed by atoms with Crippen LogP contribution < -0.4 is 20.7 Å². The van der Waals surface area contributed by atoms with Crippen LogP contribution in [-0.4, -0.2) is 38.2 Å². The van der Waals surface area contributed by atoms with Gasteiger partial charge in [0.15, 0.2) is 5.65 Å². The van der Waals surface area contributed by atoms with Crippen molar-refractivity contribution in [1.82, 2.24) is 25.1 Å². The van der Waals surface area contributed by atoms with Crippen LogP contribution in [0.2, 0.25) is 0 Å². The summed E-state index contributed by atoms with van der Waals surface area (Å²) in [6, 6.07) is 15.5. The van der Waals surface area contributed by atoms with Crippen molar-refractivity contribution >= 4 is 44.9 Å². The molecular formula is C31H28N8O2. The monoisotopic (exact) mass is 544 g/mol. The summed E-state index contributed by atoms with van der Waals surface area (Å²) in [4.78, 5) is 21.4. The summed E-state index contributed by atoms with van der Waals surface area (Å²) in [6.45, 7) is 2.93. The van der Waals surface area contributed by atoms with Gasteiger partial charge in [-0.1, -0.05) is 6.08 Å². The van der Waals surface area contributed by atoms with Crippen molar-refractivity contribution in [1.29, 1.82) is 5.26 Å². The van der Waals surface area contributed by atoms with Crippen LogP contribution >= 0.6 is 0 Å². The second-order valence-electron chi connectivity index (χ2n) is 10.0. The third-order valence-electron chi connectivity index (χ3n) is 7.05. The molecule has 0 radical (unpaired) electrons. The number of pyridine rings is 2. The van der Waals surface area contributed by atoms with Gasteiger partial charge in [-0.2, -0.15) is 10.4 Å². The molecule has 0 aliphatic carbocycles. The maximum atomic E-state index is 12.5. The van der Waals surface area contributed by atoms with E-state index in [2.05, 4.69) is 37.1 Å². The zero-order valence-electron chi connectivity index (χ0n) is 22.7. The SMILES string of the molecule is Cc1cc(Nc2c(C#N)cnc3ccc(NC(=O)/C=C/[C@H]4CCCN4)cc23)ccc1Oc1cnc2c(cnn2C)c1. The minimum Gasteiger partial charge on any atom is -0.455 e. The van der Waals surface area contributed by atoms with E-state index in [4.69, 9.17) is 4.74 Å². The number of nitrogens with zero attached hydrogens (tertiary/aromatic N) is 5. The molecule has 1 aliphatic rings. The highest BCUT2D eigenvalue weighted by Gasteiger charge is 2.14. The number of nitrogens with one attached hydrogen (secondary N) is 3. The van der Waals surface area contributed by atoms with Crippen molar-refractivity contribution in [3.8, 4) is 17.6 Å². The lowest BCUT2D eigenvalue weighted by Gasteiger charge is -2.15. The van der Waals surface area contributed by atoms with E-state index in [1.54, 1.807) is 35.4 Å². The van der Waals surface area contributed by atoms with Gasteiger partial charge < -0.3 is 20.7 Å². The molecule has 1 fully saturated rings. The minimum absolute atomic E-state index is 0.207. The van der Waals surface area contributed by atoms with Gasteiger partial charge in [0.2, 0.25) is 5.91 Å². The van der Waals surface area contributed by atoms with Crippen LogP contribution in [0.25, 0.3) is 21.9 Å². The lowest BCUT2D eigenvalue weighted by molar-refractivity contribution is -0.111. The van der Waals surface area contributed by atoms with Crippen molar-refractivity contribution in [2.24, 2.45) is 7.05 Å². The Labute approximate surface area is 236 Å². The van der Waals surface area contributed by atoms with Crippen molar-refractivity contribution in [3.05, 3.63) is 84.3 Å². The van der Waals surface area contributed by atoms with E-state index in [1.165, 1.54) is 0 Å². The molecule has 10 heteroatoms. The molecule has 2 aromatic carbocycles. The molecule has 1 atom stereocenters. The summed E-state index contributed by atoms with van der Waals surface area (Å²) in [6.07, 6.45) is 10.6. The molecule has 4 heterocycles. The van der Waals surface area contributed by atoms with Crippen LogP contribution in [-0.2, 0) is 11.8 Å². The van der Waals surface area contributed by atoms with E-state index in [0.29, 0.717) is 34.0 Å². The van der Waals surface area contributed by atoms with E-state index in [-0.39, 0.29) is 11.9 Å². The van der Waals surface area contributed by atoms with Crippen LogP contribution in [0.1, 0.15) is 24.0 Å². The average molecular weight is 545 g/mol. The van der Waals surface area contributed by atoms with Crippen LogP contribution in [0.5, 0.6) is 11.5 Å². The van der Waals surface area contributed by atoms with Gasteiger partial charge in [-0.3, -0.25) is 14.5 Å². The standard InChI is InChI=1S/C31H28N8O2/c1-19-12-23(6-9-28(19)41-25-13-20-17-36-39(2)31(20)35-18-25)38-30-21(15-32)16-34-27-8-5-24(14-26(27)30)37-29(40)10-7-22-4-3-11-33-22/h5-10,12-14,16-18,22,33H,3-4,11H2,1-2H3,(H,34,38)(H,37,40)/b10-7+/t22-/m1/s1. The average Bonchev–Trinajstić information content (AvgIpc) is 3.63. The Morgan fingerprint density at radius 2 is 2.02 bits per heavy atom. The quantitative estimate of drug-likeness (QED) is 0.230. The Bertz CT molecular complexity index is 1850. The third-order valence-corrected chi connectivity index (χ3v) is 7.05. The third kappa shape index (κ3) is 5.57. The first-order valence-corrected chi connectivity index (χ1v) is 13.4. The van der Waals surface area contributed by atoms with Crippen molar-refractivity contribution in [2.45, 2.75) is 25.8 Å². The molecule has 1 saturated heterocycles. The number of anilines is 3. The number of ether oxygens (including phenoxy) is 1. The highest BCUT2D eigenvalue weighted by molar-refractivity contribution is 6.03. The molecule has 10 nitrogen and oxygen atoms in total. The highest BCUT2D eigenvalue weighted by Crippen LogP contribution is 2.33. The van der Waals surface area contributed by atoms with E-state index in [1.807, 2.05) is 56.4 Å². The van der Waals surface area contributed by atoms with Crippen LogP contribution in [0.4, 0.5) is 17.1 Å². The number of aryl methyl sites for hydroxylation is 2. The van der Waals surface area contributed by atoms with Gasteiger partial charge in [0.25, 0.3) is 0 Å². The van der Waals surface area contributed by atoms with Gasteiger partial charge in [-0.15, -0.1) is 0 Å². The number of nitriles is 1. The number of hydrogen-bond acceptors (Lipinski definition) is 8. The van der Waals surface area contributed by atoms with Gasteiger partial charge in [0.05, 0.1) is 29.2 Å². The molecule has 0 spiro atoms. The molecule has 5 aromatic rings. The number of benzene rings is 2. The summed E-state index contributed by atoms with van der Waals surface area (Å²) >= 11 is 0. The summed E-state index contributed by atoms with van der Waals surface area (Å²) in [5.74, 6) is 1.10. The second-order valence-corrected chi connectivity index (χ2v) is 10.0. The molecule has 204 valence electrons. The fourth-order valence-corrected chi connectivity index (χ4v) is 4.95. The normalized spacial score (nSPS) is 14.9. The van der Waals surface area contributed by atoms with Gasteiger partial charge in [-0.05, 0) is 74.3 Å². The molecule has 1 amide bonds. The Morgan fingerprint density at radius 1 is 1.15 bits per heavy atom. The molecular weight excluding hydrogens is 516 g/mol. The van der Waals surface area contributed by atoms with Crippen LogP contribution in [0, 0.1) is 18.3 Å². The molecule has 6 rings (SSSR count). The smallest absolute Gasteiger partial charge is 0.248 e. The minimum atomic E-state index is -0.207. The van der Waals surface area contributed by atoms with Gasteiger partial charge in [0.1, 0.15) is 17.6 Å². The zero-order chi connectivity index (χ0) is 28.3. The Kier molecular flexibility index (Phi) is 7.02. The lowest BCUT2D eigenvalue weighted by atomic mass is 10.1. The molecule has 3 N–H and O–H groups in total. The number of carbonyl (C=O) groups excluding carboxylic acids is 1. The first-order chi connectivity index (χ1) is 20.0. The van der Waals surface area contributed by atoms with E-state index in [0.717, 1.165) is 47.1 Å². The Hall–Kier alpha value is -5.27. The van der Waals surface area contributed by atoms with Gasteiger partial charge in [-0.25, -0.2) is 4.98 Å². The Balaban J connectivity index is 1.24. The van der Waals surface area contributed by atoms with Gasteiger partial charge >= 0.3 is 0 Å². The summed E-state index contributed by atoms with van der Waals surface area (Å²) in [5, 5.41) is 25.3. The molecule has 3 aromatic heterocycles. The van der Waals surface area contributed by atoms with Crippen molar-refractivity contribution in [3.63, 3.8) is 0 Å². The predicted octanol–water partition coefficient (Wildman–Crippen LogP) is 5.48. The number of rotatable bonds is 7. The number of fused-ring (bicyclic) bond motifs is 2. The topological polar surface area (TPSA) is 130 Å². The highest BCUT2D eigenvalue weighted by atomic mass is 16.5. The zero-order valence-corrected chi connectivity index (χ0v) is 22.7. The summed E-state index contributed by atoms with van der Waals surface area (Å²) in [5.41, 5.74) is 4.78. The second kappa shape index (κ2) is 11.1. The molecule has 41 heavy (non-hydrogen) atoms. The van der Waals surface area contributed by atoms with Crippen LogP contribution in [0.15, 0.2) is 73.2 Å². The molecule has 0 saturated carbocycles. The van der Waals surface area contributed by atoms with E-state index >= 15 is 0 Å². The first kappa shape index (κ1) is 26.0. The maximum Gasteiger partial charge on any atom is 0.248 e.